The second-order valence-electron chi connectivity index (χ2n) is 3.19. The first-order valence-corrected chi connectivity index (χ1v) is 5.40. The summed E-state index contributed by atoms with van der Waals surface area (Å²) >= 11 is 1.63. The zero-order valence-electron chi connectivity index (χ0n) is 8.56. The number of anilines is 1. The van der Waals surface area contributed by atoms with Crippen LogP contribution in [0.1, 0.15) is 20.2 Å². The van der Waals surface area contributed by atoms with Crippen LogP contribution in [-0.2, 0) is 6.54 Å². The number of nitrogens with two attached hydrogens (primary N) is 1. The van der Waals surface area contributed by atoms with Gasteiger partial charge in [-0.15, -0.1) is 11.3 Å². The average Bonchev–Trinajstić information content (AvgIpc) is 2.84. The van der Waals surface area contributed by atoms with E-state index in [4.69, 9.17) is 5.73 Å². The summed E-state index contributed by atoms with van der Waals surface area (Å²) < 4.78 is 4.34. The van der Waals surface area contributed by atoms with Crippen LogP contribution in [0.4, 0.5) is 5.82 Å². The Morgan fingerprint density at radius 1 is 1.56 bits per heavy atom. The molecule has 2 heterocycles. The minimum Gasteiger partial charge on any atom is -0.379 e. The maximum absolute atomic E-state index is 11.6. The number of aryl methyl sites for hydroxylation is 1. The van der Waals surface area contributed by atoms with E-state index in [9.17, 15) is 4.79 Å². The van der Waals surface area contributed by atoms with Gasteiger partial charge in [0.2, 0.25) is 11.5 Å². The first kappa shape index (κ1) is 10.6. The summed E-state index contributed by atoms with van der Waals surface area (Å²) in [4.78, 5) is 13.8. The molecule has 0 bridgehead atoms. The van der Waals surface area contributed by atoms with Crippen molar-refractivity contribution >= 4 is 23.1 Å². The van der Waals surface area contributed by atoms with Gasteiger partial charge in [0.05, 0.1) is 6.54 Å². The van der Waals surface area contributed by atoms with Gasteiger partial charge in [0.15, 0.2) is 0 Å². The van der Waals surface area contributed by atoms with E-state index in [0.717, 1.165) is 4.88 Å². The maximum atomic E-state index is 11.6. The Morgan fingerprint density at radius 3 is 2.94 bits per heavy atom. The zero-order valence-corrected chi connectivity index (χ0v) is 9.37. The number of aromatic nitrogens is 2. The molecule has 0 radical (unpaired) electrons. The first-order chi connectivity index (χ1) is 7.66. The van der Waals surface area contributed by atoms with Crippen LogP contribution in [0.3, 0.4) is 0 Å². The predicted octanol–water partition coefficient (Wildman–Crippen LogP) is 0.952. The first-order valence-electron chi connectivity index (χ1n) is 4.58. The number of nitrogen functional groups attached to an aromatic ring is 1. The van der Waals surface area contributed by atoms with Crippen LogP contribution in [-0.4, -0.2) is 16.2 Å². The topological polar surface area (TPSA) is 94.0 Å². The van der Waals surface area contributed by atoms with Crippen molar-refractivity contribution in [3.63, 3.8) is 0 Å². The number of nitrogens with zero attached hydrogens (tertiary/aromatic N) is 2. The molecule has 0 saturated carbocycles. The van der Waals surface area contributed by atoms with Crippen LogP contribution in [0.25, 0.3) is 0 Å². The van der Waals surface area contributed by atoms with Gasteiger partial charge in [-0.2, -0.15) is 0 Å². The third-order valence-electron chi connectivity index (χ3n) is 1.95. The van der Waals surface area contributed by atoms with Crippen molar-refractivity contribution in [2.24, 2.45) is 0 Å². The lowest BCUT2D eigenvalue weighted by atomic mass is 10.4. The molecule has 2 aromatic heterocycles. The van der Waals surface area contributed by atoms with Gasteiger partial charge in [-0.25, -0.2) is 4.63 Å². The number of thiophene rings is 1. The number of rotatable bonds is 3. The molecule has 7 heteroatoms. The Morgan fingerprint density at radius 2 is 2.38 bits per heavy atom. The van der Waals surface area contributed by atoms with Crippen molar-refractivity contribution < 1.29 is 9.42 Å². The monoisotopic (exact) mass is 238 g/mol. The Balaban J connectivity index is 1.96. The standard InChI is InChI=1S/C9H10N4O2S/c1-5-2-3-6(16-5)4-11-9(14)7-8(10)13-15-12-7/h2-3H,4H2,1H3,(H2,10,13)(H,11,14). The van der Waals surface area contributed by atoms with Gasteiger partial charge >= 0.3 is 0 Å². The molecule has 2 aromatic rings. The summed E-state index contributed by atoms with van der Waals surface area (Å²) in [5.74, 6) is -0.385. The van der Waals surface area contributed by atoms with E-state index in [-0.39, 0.29) is 17.4 Å². The summed E-state index contributed by atoms with van der Waals surface area (Å²) in [6, 6.07) is 3.96. The fraction of sp³-hybridized carbons (Fsp3) is 0.222. The molecule has 0 atom stereocenters. The zero-order chi connectivity index (χ0) is 11.5. The second-order valence-corrected chi connectivity index (χ2v) is 4.57. The van der Waals surface area contributed by atoms with Crippen LogP contribution in [0.15, 0.2) is 16.8 Å². The van der Waals surface area contributed by atoms with E-state index in [1.807, 2.05) is 19.1 Å². The van der Waals surface area contributed by atoms with Crippen LogP contribution in [0.2, 0.25) is 0 Å². The quantitative estimate of drug-likeness (QED) is 0.830. The van der Waals surface area contributed by atoms with Gasteiger partial charge in [0, 0.05) is 9.75 Å². The molecule has 0 fully saturated rings. The van der Waals surface area contributed by atoms with Gasteiger partial charge in [-0.05, 0) is 29.4 Å². The van der Waals surface area contributed by atoms with Crippen LogP contribution >= 0.6 is 11.3 Å². The van der Waals surface area contributed by atoms with E-state index in [2.05, 4.69) is 20.3 Å². The van der Waals surface area contributed by atoms with Crippen molar-refractivity contribution in [3.8, 4) is 0 Å². The van der Waals surface area contributed by atoms with Gasteiger partial charge < -0.3 is 11.1 Å². The van der Waals surface area contributed by atoms with Crippen LogP contribution in [0.5, 0.6) is 0 Å². The normalized spacial score (nSPS) is 10.3. The fourth-order valence-electron chi connectivity index (χ4n) is 1.18. The molecule has 0 saturated heterocycles. The highest BCUT2D eigenvalue weighted by molar-refractivity contribution is 7.11. The molecule has 0 aliphatic heterocycles. The molecular weight excluding hydrogens is 228 g/mol. The highest BCUT2D eigenvalue weighted by Crippen LogP contribution is 2.14. The van der Waals surface area contributed by atoms with Gasteiger partial charge in [0.25, 0.3) is 5.91 Å². The molecule has 3 N–H and O–H groups in total. The fourth-order valence-corrected chi connectivity index (χ4v) is 2.01. The minimum atomic E-state index is -0.384. The Labute approximate surface area is 95.4 Å². The van der Waals surface area contributed by atoms with Crippen molar-refractivity contribution in [1.29, 1.82) is 0 Å². The summed E-state index contributed by atoms with van der Waals surface area (Å²) in [5, 5.41) is 9.43. The highest BCUT2D eigenvalue weighted by atomic mass is 32.1. The summed E-state index contributed by atoms with van der Waals surface area (Å²) in [5.41, 5.74) is 5.41. The molecule has 16 heavy (non-hydrogen) atoms. The second kappa shape index (κ2) is 4.31. The smallest absolute Gasteiger partial charge is 0.277 e. The van der Waals surface area contributed by atoms with E-state index in [1.54, 1.807) is 11.3 Å². The number of amides is 1. The van der Waals surface area contributed by atoms with E-state index < -0.39 is 0 Å². The molecule has 0 aromatic carbocycles. The SMILES string of the molecule is Cc1ccc(CNC(=O)c2nonc2N)s1. The molecule has 0 aliphatic carbocycles. The molecule has 0 spiro atoms. The van der Waals surface area contributed by atoms with Gasteiger partial charge in [-0.1, -0.05) is 0 Å². The average molecular weight is 238 g/mol. The molecular formula is C9H10N4O2S. The third kappa shape index (κ3) is 2.19. The van der Waals surface area contributed by atoms with Gasteiger partial charge in [0.1, 0.15) is 0 Å². The maximum Gasteiger partial charge on any atom is 0.277 e. The van der Waals surface area contributed by atoms with Crippen molar-refractivity contribution in [2.45, 2.75) is 13.5 Å². The van der Waals surface area contributed by atoms with Crippen LogP contribution in [0, 0.1) is 6.92 Å². The molecule has 2 rings (SSSR count). The number of hydrogen-bond acceptors (Lipinski definition) is 6. The Hall–Kier alpha value is -1.89. The number of hydrogen-bond donors (Lipinski definition) is 2. The lowest BCUT2D eigenvalue weighted by Crippen LogP contribution is -2.23. The summed E-state index contributed by atoms with van der Waals surface area (Å²) in [6.07, 6.45) is 0. The largest absolute Gasteiger partial charge is 0.379 e. The third-order valence-corrected chi connectivity index (χ3v) is 2.95. The number of nitrogens with one attached hydrogen (secondary N) is 1. The van der Waals surface area contributed by atoms with Gasteiger partial charge in [-0.3, -0.25) is 4.79 Å². The number of carbonyl (C=O) groups is 1. The van der Waals surface area contributed by atoms with Crippen molar-refractivity contribution in [3.05, 3.63) is 27.6 Å². The molecule has 84 valence electrons. The minimum absolute atomic E-state index is 0.000129. The molecule has 0 aliphatic rings. The Bertz CT molecular complexity index is 505. The van der Waals surface area contributed by atoms with Crippen molar-refractivity contribution in [1.82, 2.24) is 15.6 Å². The lowest BCUT2D eigenvalue weighted by molar-refractivity contribution is 0.0942. The van der Waals surface area contributed by atoms with E-state index in [1.165, 1.54) is 4.88 Å². The summed E-state index contributed by atoms with van der Waals surface area (Å²) in [6.45, 7) is 2.46. The molecule has 0 unspecified atom stereocenters. The predicted molar refractivity (Wildman–Crippen MR) is 58.9 cm³/mol. The molecule has 6 nitrogen and oxygen atoms in total. The van der Waals surface area contributed by atoms with Crippen LogP contribution < -0.4 is 11.1 Å². The summed E-state index contributed by atoms with van der Waals surface area (Å²) in [7, 11) is 0. The van der Waals surface area contributed by atoms with E-state index in [0.29, 0.717) is 6.54 Å². The lowest BCUT2D eigenvalue weighted by Gasteiger charge is -1.99. The van der Waals surface area contributed by atoms with E-state index >= 15 is 0 Å². The Kier molecular flexibility index (Phi) is 2.86. The highest BCUT2D eigenvalue weighted by Gasteiger charge is 2.15. The molecule has 1 amide bonds. The van der Waals surface area contributed by atoms with Crippen molar-refractivity contribution in [2.75, 3.05) is 5.73 Å². The number of carbonyl (C=O) groups excluding carboxylic acids is 1.